The SMILES string of the molecule is CCN(C(=O)CSCC(O)c1ccccc1)C(C)c1ccc(F)cc1. The standard InChI is InChI=1S/C20H24FNO2S/c1-3-22(15(2)16-9-11-18(21)12-10-16)20(24)14-25-13-19(23)17-7-5-4-6-8-17/h4-12,15,19,23H,3,13-14H2,1-2H3. The summed E-state index contributed by atoms with van der Waals surface area (Å²) in [5, 5.41) is 10.2. The Morgan fingerprint density at radius 2 is 1.76 bits per heavy atom. The van der Waals surface area contributed by atoms with E-state index in [1.165, 1.54) is 23.9 Å². The highest BCUT2D eigenvalue weighted by molar-refractivity contribution is 7.99. The third-order valence-electron chi connectivity index (χ3n) is 4.17. The van der Waals surface area contributed by atoms with Crippen LogP contribution in [0.2, 0.25) is 0 Å². The predicted molar refractivity (Wildman–Crippen MR) is 101 cm³/mol. The first-order chi connectivity index (χ1) is 12.0. The summed E-state index contributed by atoms with van der Waals surface area (Å²) >= 11 is 1.42. The van der Waals surface area contributed by atoms with Gasteiger partial charge in [-0.25, -0.2) is 4.39 Å². The van der Waals surface area contributed by atoms with Crippen molar-refractivity contribution in [1.29, 1.82) is 0 Å². The number of thioether (sulfide) groups is 1. The molecule has 1 amide bonds. The highest BCUT2D eigenvalue weighted by Crippen LogP contribution is 2.23. The number of aliphatic hydroxyl groups is 1. The van der Waals surface area contributed by atoms with Crippen molar-refractivity contribution in [3.63, 3.8) is 0 Å². The minimum absolute atomic E-state index is 0.0181. The van der Waals surface area contributed by atoms with Gasteiger partial charge in [0.2, 0.25) is 5.91 Å². The number of carbonyl (C=O) groups excluding carboxylic acids is 1. The molecule has 3 nitrogen and oxygen atoms in total. The number of benzene rings is 2. The lowest BCUT2D eigenvalue weighted by Gasteiger charge is -2.28. The number of hydrogen-bond donors (Lipinski definition) is 1. The number of amides is 1. The van der Waals surface area contributed by atoms with Crippen LogP contribution in [0.5, 0.6) is 0 Å². The summed E-state index contributed by atoms with van der Waals surface area (Å²) in [6.45, 7) is 4.46. The van der Waals surface area contributed by atoms with Crippen LogP contribution in [0.3, 0.4) is 0 Å². The number of rotatable bonds is 8. The van der Waals surface area contributed by atoms with Crippen LogP contribution in [-0.2, 0) is 4.79 Å². The quantitative estimate of drug-likeness (QED) is 0.766. The van der Waals surface area contributed by atoms with E-state index in [1.807, 2.05) is 44.2 Å². The van der Waals surface area contributed by atoms with Crippen molar-refractivity contribution in [3.8, 4) is 0 Å². The van der Waals surface area contributed by atoms with Crippen molar-refractivity contribution in [2.24, 2.45) is 0 Å². The van der Waals surface area contributed by atoms with E-state index in [-0.39, 0.29) is 17.8 Å². The number of halogens is 1. The van der Waals surface area contributed by atoms with Crippen LogP contribution in [0, 0.1) is 5.82 Å². The van der Waals surface area contributed by atoms with Crippen molar-refractivity contribution in [1.82, 2.24) is 4.90 Å². The van der Waals surface area contributed by atoms with E-state index < -0.39 is 6.10 Å². The Balaban J connectivity index is 1.88. The Kier molecular flexibility index (Phi) is 7.47. The van der Waals surface area contributed by atoms with Gasteiger partial charge < -0.3 is 10.0 Å². The molecule has 1 N–H and O–H groups in total. The number of aliphatic hydroxyl groups excluding tert-OH is 1. The second-order valence-corrected chi connectivity index (χ2v) is 6.88. The van der Waals surface area contributed by atoms with Gasteiger partial charge in [-0.2, -0.15) is 0 Å². The van der Waals surface area contributed by atoms with Gasteiger partial charge in [0.15, 0.2) is 0 Å². The Morgan fingerprint density at radius 1 is 1.12 bits per heavy atom. The maximum absolute atomic E-state index is 13.1. The molecular weight excluding hydrogens is 337 g/mol. The molecule has 134 valence electrons. The fraction of sp³-hybridized carbons (Fsp3) is 0.350. The maximum Gasteiger partial charge on any atom is 0.233 e. The largest absolute Gasteiger partial charge is 0.388 e. The number of carbonyl (C=O) groups is 1. The van der Waals surface area contributed by atoms with E-state index in [2.05, 4.69) is 0 Å². The Hall–Kier alpha value is -1.85. The second kappa shape index (κ2) is 9.59. The topological polar surface area (TPSA) is 40.5 Å². The zero-order chi connectivity index (χ0) is 18.2. The molecule has 0 bridgehead atoms. The molecule has 2 aromatic carbocycles. The van der Waals surface area contributed by atoms with Gasteiger partial charge in [-0.1, -0.05) is 42.5 Å². The molecule has 0 aliphatic heterocycles. The molecule has 0 aromatic heterocycles. The van der Waals surface area contributed by atoms with Crippen LogP contribution >= 0.6 is 11.8 Å². The predicted octanol–water partition coefficient (Wildman–Crippen LogP) is 4.20. The maximum atomic E-state index is 13.1. The van der Waals surface area contributed by atoms with Gasteiger partial charge >= 0.3 is 0 Å². The number of nitrogens with zero attached hydrogens (tertiary/aromatic N) is 1. The van der Waals surface area contributed by atoms with Crippen molar-refractivity contribution in [3.05, 3.63) is 71.5 Å². The molecule has 2 atom stereocenters. The fourth-order valence-corrected chi connectivity index (χ4v) is 3.57. The fourth-order valence-electron chi connectivity index (χ4n) is 2.70. The van der Waals surface area contributed by atoms with Crippen LogP contribution in [0.15, 0.2) is 54.6 Å². The molecule has 0 saturated heterocycles. The summed E-state index contributed by atoms with van der Waals surface area (Å²) in [6.07, 6.45) is -0.580. The third kappa shape index (κ3) is 5.58. The molecule has 2 unspecified atom stereocenters. The Labute approximate surface area is 152 Å². The normalized spacial score (nSPS) is 13.3. The minimum atomic E-state index is -0.580. The summed E-state index contributed by atoms with van der Waals surface area (Å²) in [5.41, 5.74) is 1.76. The molecule has 5 heteroatoms. The molecule has 0 aliphatic rings. The van der Waals surface area contributed by atoms with Crippen molar-refractivity contribution >= 4 is 17.7 Å². The lowest BCUT2D eigenvalue weighted by atomic mass is 10.1. The first-order valence-electron chi connectivity index (χ1n) is 8.38. The van der Waals surface area contributed by atoms with E-state index in [0.717, 1.165) is 11.1 Å². The van der Waals surface area contributed by atoms with E-state index in [9.17, 15) is 14.3 Å². The second-order valence-electron chi connectivity index (χ2n) is 5.85. The van der Waals surface area contributed by atoms with E-state index in [4.69, 9.17) is 0 Å². The summed E-state index contributed by atoms with van der Waals surface area (Å²) in [7, 11) is 0. The lowest BCUT2D eigenvalue weighted by Crippen LogP contribution is -2.34. The zero-order valence-electron chi connectivity index (χ0n) is 14.6. The molecule has 0 saturated carbocycles. The van der Waals surface area contributed by atoms with Gasteiger partial charge in [-0.15, -0.1) is 11.8 Å². The monoisotopic (exact) mass is 361 g/mol. The first kappa shape index (κ1) is 19.5. The van der Waals surface area contributed by atoms with E-state index in [1.54, 1.807) is 17.0 Å². The Bertz CT molecular complexity index is 663. The van der Waals surface area contributed by atoms with Gasteiger partial charge in [0, 0.05) is 12.3 Å². The molecule has 0 aliphatic carbocycles. The zero-order valence-corrected chi connectivity index (χ0v) is 15.4. The molecule has 0 spiro atoms. The minimum Gasteiger partial charge on any atom is -0.388 e. The summed E-state index contributed by atoms with van der Waals surface area (Å²) in [4.78, 5) is 14.3. The van der Waals surface area contributed by atoms with Gasteiger partial charge in [0.25, 0.3) is 0 Å². The molecule has 0 radical (unpaired) electrons. The summed E-state index contributed by atoms with van der Waals surface area (Å²) in [6, 6.07) is 15.6. The molecule has 2 rings (SSSR count). The lowest BCUT2D eigenvalue weighted by molar-refractivity contribution is -0.130. The average molecular weight is 361 g/mol. The van der Waals surface area contributed by atoms with Gasteiger partial charge in [0.05, 0.1) is 17.9 Å². The number of hydrogen-bond acceptors (Lipinski definition) is 3. The molecule has 0 heterocycles. The van der Waals surface area contributed by atoms with Crippen LogP contribution < -0.4 is 0 Å². The van der Waals surface area contributed by atoms with Gasteiger partial charge in [-0.3, -0.25) is 4.79 Å². The highest BCUT2D eigenvalue weighted by atomic mass is 32.2. The van der Waals surface area contributed by atoms with Crippen LogP contribution in [-0.4, -0.2) is 34.0 Å². The molecule has 0 fully saturated rings. The van der Waals surface area contributed by atoms with E-state index in [0.29, 0.717) is 18.1 Å². The average Bonchev–Trinajstić information content (AvgIpc) is 2.63. The van der Waals surface area contributed by atoms with Crippen LogP contribution in [0.4, 0.5) is 4.39 Å². The smallest absolute Gasteiger partial charge is 0.233 e. The van der Waals surface area contributed by atoms with Gasteiger partial charge in [0.1, 0.15) is 5.82 Å². The molecule has 25 heavy (non-hydrogen) atoms. The third-order valence-corrected chi connectivity index (χ3v) is 5.17. The van der Waals surface area contributed by atoms with Crippen LogP contribution in [0.25, 0.3) is 0 Å². The molecule has 2 aromatic rings. The van der Waals surface area contributed by atoms with Crippen LogP contribution in [0.1, 0.15) is 37.1 Å². The van der Waals surface area contributed by atoms with E-state index >= 15 is 0 Å². The first-order valence-corrected chi connectivity index (χ1v) is 9.54. The van der Waals surface area contributed by atoms with Gasteiger partial charge in [-0.05, 0) is 37.1 Å². The molecular formula is C20H24FNO2S. The van der Waals surface area contributed by atoms with Crippen molar-refractivity contribution in [2.75, 3.05) is 18.1 Å². The Morgan fingerprint density at radius 3 is 2.36 bits per heavy atom. The summed E-state index contributed by atoms with van der Waals surface area (Å²) in [5.74, 6) is 0.516. The highest BCUT2D eigenvalue weighted by Gasteiger charge is 2.20. The van der Waals surface area contributed by atoms with Crippen molar-refractivity contribution < 1.29 is 14.3 Å². The summed E-state index contributed by atoms with van der Waals surface area (Å²) < 4.78 is 13.1. The van der Waals surface area contributed by atoms with Crippen molar-refractivity contribution in [2.45, 2.75) is 26.0 Å².